The van der Waals surface area contributed by atoms with Gasteiger partial charge in [-0.1, -0.05) is 19.4 Å². The number of halogens is 2. The third-order valence-electron chi connectivity index (χ3n) is 2.73. The minimum absolute atomic E-state index is 0.260. The number of ether oxygens (including phenoxy) is 1. The van der Waals surface area contributed by atoms with Gasteiger partial charge >= 0.3 is 0 Å². The van der Waals surface area contributed by atoms with E-state index < -0.39 is 17.7 Å². The second-order valence-electron chi connectivity index (χ2n) is 4.08. The third kappa shape index (κ3) is 4.06. The van der Waals surface area contributed by atoms with Gasteiger partial charge in [-0.2, -0.15) is 0 Å². The molecule has 0 fully saturated rings. The molecule has 0 amide bonds. The van der Waals surface area contributed by atoms with Crippen LogP contribution in [0.1, 0.15) is 25.3 Å². The van der Waals surface area contributed by atoms with Crippen LogP contribution in [0.15, 0.2) is 18.2 Å². The first-order chi connectivity index (χ1) is 8.08. The van der Waals surface area contributed by atoms with Gasteiger partial charge in [0.1, 0.15) is 0 Å². The molecule has 0 saturated heterocycles. The number of hydrogen-bond acceptors (Lipinski definition) is 2. The predicted molar refractivity (Wildman–Crippen MR) is 61.8 cm³/mol. The van der Waals surface area contributed by atoms with E-state index in [-0.39, 0.29) is 12.5 Å². The van der Waals surface area contributed by atoms with Crippen LogP contribution in [0, 0.1) is 11.6 Å². The van der Waals surface area contributed by atoms with Gasteiger partial charge in [0.2, 0.25) is 0 Å². The van der Waals surface area contributed by atoms with Crippen LogP contribution in [-0.2, 0) is 11.2 Å². The third-order valence-corrected chi connectivity index (χ3v) is 2.73. The van der Waals surface area contributed by atoms with Crippen LogP contribution in [0.3, 0.4) is 0 Å². The lowest BCUT2D eigenvalue weighted by atomic mass is 10.0. The van der Waals surface area contributed by atoms with Crippen molar-refractivity contribution in [2.45, 2.75) is 38.4 Å². The largest absolute Gasteiger partial charge is 0.390 e. The molecule has 2 nitrogen and oxygen atoms in total. The van der Waals surface area contributed by atoms with Crippen LogP contribution in [0.4, 0.5) is 8.78 Å². The van der Waals surface area contributed by atoms with Crippen molar-refractivity contribution in [2.24, 2.45) is 0 Å². The summed E-state index contributed by atoms with van der Waals surface area (Å²) in [5, 5.41) is 9.91. The van der Waals surface area contributed by atoms with Crippen molar-refractivity contribution in [3.63, 3.8) is 0 Å². The maximum Gasteiger partial charge on any atom is 0.159 e. The number of rotatable bonds is 6. The van der Waals surface area contributed by atoms with Crippen molar-refractivity contribution in [3.8, 4) is 0 Å². The first kappa shape index (κ1) is 14.1. The molecular formula is C13H18F2O2. The highest BCUT2D eigenvalue weighted by Gasteiger charge is 2.18. The van der Waals surface area contributed by atoms with Gasteiger partial charge in [0.25, 0.3) is 0 Å². The Morgan fingerprint density at radius 3 is 2.53 bits per heavy atom. The fraction of sp³-hybridized carbons (Fsp3) is 0.538. The lowest BCUT2D eigenvalue weighted by Gasteiger charge is -2.21. The molecule has 1 aromatic carbocycles. The van der Waals surface area contributed by atoms with Gasteiger partial charge in [-0.05, 0) is 24.1 Å². The van der Waals surface area contributed by atoms with E-state index in [0.717, 1.165) is 25.0 Å². The number of benzene rings is 1. The Labute approximate surface area is 100 Å². The zero-order valence-corrected chi connectivity index (χ0v) is 10.1. The summed E-state index contributed by atoms with van der Waals surface area (Å²) in [5.41, 5.74) is 0.564. The highest BCUT2D eigenvalue weighted by Crippen LogP contribution is 2.14. The van der Waals surface area contributed by atoms with E-state index in [9.17, 15) is 13.9 Å². The van der Waals surface area contributed by atoms with Crippen LogP contribution in [0.25, 0.3) is 0 Å². The molecule has 2 atom stereocenters. The van der Waals surface area contributed by atoms with Crippen molar-refractivity contribution in [1.29, 1.82) is 0 Å². The summed E-state index contributed by atoms with van der Waals surface area (Å²) in [5.74, 6) is -1.76. The summed E-state index contributed by atoms with van der Waals surface area (Å²) >= 11 is 0. The van der Waals surface area contributed by atoms with Gasteiger partial charge in [-0.3, -0.25) is 0 Å². The molecule has 0 aliphatic carbocycles. The molecule has 2 unspecified atom stereocenters. The Bertz CT molecular complexity index is 355. The monoisotopic (exact) mass is 244 g/mol. The molecule has 96 valence electrons. The highest BCUT2D eigenvalue weighted by atomic mass is 19.2. The average molecular weight is 244 g/mol. The van der Waals surface area contributed by atoms with Gasteiger partial charge < -0.3 is 9.84 Å². The van der Waals surface area contributed by atoms with Crippen molar-refractivity contribution in [2.75, 3.05) is 7.11 Å². The predicted octanol–water partition coefficient (Wildman–Crippen LogP) is 2.68. The van der Waals surface area contributed by atoms with Crippen LogP contribution in [0.5, 0.6) is 0 Å². The standard InChI is InChI=1S/C13H18F2O2/c1-3-4-13(17-2)12(16)8-9-5-6-10(14)11(15)7-9/h5-7,12-13,16H,3-4,8H2,1-2H3. The number of hydrogen-bond donors (Lipinski definition) is 1. The van der Waals surface area contributed by atoms with E-state index in [1.54, 1.807) is 0 Å². The Hall–Kier alpha value is -1.00. The SMILES string of the molecule is CCCC(OC)C(O)Cc1ccc(F)c(F)c1. The first-order valence-electron chi connectivity index (χ1n) is 5.73. The molecule has 0 spiro atoms. The Morgan fingerprint density at radius 2 is 2.00 bits per heavy atom. The molecule has 1 aromatic rings. The minimum Gasteiger partial charge on any atom is -0.390 e. The zero-order valence-electron chi connectivity index (χ0n) is 10.1. The van der Waals surface area contributed by atoms with Gasteiger partial charge in [0.15, 0.2) is 11.6 Å². The van der Waals surface area contributed by atoms with Gasteiger partial charge in [0.05, 0.1) is 12.2 Å². The van der Waals surface area contributed by atoms with E-state index in [2.05, 4.69) is 0 Å². The van der Waals surface area contributed by atoms with Gasteiger partial charge in [-0.15, -0.1) is 0 Å². The lowest BCUT2D eigenvalue weighted by molar-refractivity contribution is -0.0159. The molecule has 0 aliphatic heterocycles. The van der Waals surface area contributed by atoms with E-state index in [4.69, 9.17) is 4.74 Å². The smallest absolute Gasteiger partial charge is 0.159 e. The second kappa shape index (κ2) is 6.67. The molecule has 0 aliphatic rings. The van der Waals surface area contributed by atoms with E-state index in [1.165, 1.54) is 13.2 Å². The summed E-state index contributed by atoms with van der Waals surface area (Å²) in [4.78, 5) is 0. The molecule has 0 saturated carbocycles. The lowest BCUT2D eigenvalue weighted by Crippen LogP contribution is -2.29. The fourth-order valence-corrected chi connectivity index (χ4v) is 1.79. The van der Waals surface area contributed by atoms with Crippen LogP contribution in [0.2, 0.25) is 0 Å². The summed E-state index contributed by atoms with van der Waals surface area (Å²) in [6.07, 6.45) is 0.919. The molecule has 0 heterocycles. The van der Waals surface area contributed by atoms with Crippen LogP contribution >= 0.6 is 0 Å². The van der Waals surface area contributed by atoms with Crippen LogP contribution in [-0.4, -0.2) is 24.4 Å². The second-order valence-corrected chi connectivity index (χ2v) is 4.08. The maximum atomic E-state index is 13.0. The summed E-state index contributed by atoms with van der Waals surface area (Å²) in [6.45, 7) is 2.00. The quantitative estimate of drug-likeness (QED) is 0.833. The molecule has 17 heavy (non-hydrogen) atoms. The number of aliphatic hydroxyl groups excluding tert-OH is 1. The maximum absolute atomic E-state index is 13.0. The van der Waals surface area contributed by atoms with Crippen molar-refractivity contribution >= 4 is 0 Å². The van der Waals surface area contributed by atoms with Crippen molar-refractivity contribution in [3.05, 3.63) is 35.4 Å². The van der Waals surface area contributed by atoms with E-state index in [1.807, 2.05) is 6.92 Å². The highest BCUT2D eigenvalue weighted by molar-refractivity contribution is 5.18. The van der Waals surface area contributed by atoms with Crippen molar-refractivity contribution < 1.29 is 18.6 Å². The van der Waals surface area contributed by atoms with Gasteiger partial charge in [0, 0.05) is 13.5 Å². The van der Waals surface area contributed by atoms with E-state index in [0.29, 0.717) is 5.56 Å². The van der Waals surface area contributed by atoms with Crippen LogP contribution < -0.4 is 0 Å². The summed E-state index contributed by atoms with van der Waals surface area (Å²) < 4.78 is 30.9. The zero-order chi connectivity index (χ0) is 12.8. The molecule has 1 N–H and O–H groups in total. The summed E-state index contributed by atoms with van der Waals surface area (Å²) in [6, 6.07) is 3.65. The Kier molecular flexibility index (Phi) is 5.51. The molecule has 0 aromatic heterocycles. The minimum atomic E-state index is -0.890. The number of methoxy groups -OCH3 is 1. The number of aliphatic hydroxyl groups is 1. The Morgan fingerprint density at radius 1 is 1.29 bits per heavy atom. The molecule has 4 heteroatoms. The topological polar surface area (TPSA) is 29.5 Å². The van der Waals surface area contributed by atoms with E-state index >= 15 is 0 Å². The van der Waals surface area contributed by atoms with Gasteiger partial charge in [-0.25, -0.2) is 8.78 Å². The Balaban J connectivity index is 2.66. The average Bonchev–Trinajstić information content (AvgIpc) is 2.30. The molecule has 0 bridgehead atoms. The molecule has 0 radical (unpaired) electrons. The summed E-state index contributed by atoms with van der Waals surface area (Å²) in [7, 11) is 1.54. The normalized spacial score (nSPS) is 14.6. The molecule has 1 rings (SSSR count). The fourth-order valence-electron chi connectivity index (χ4n) is 1.79. The van der Waals surface area contributed by atoms with Crippen molar-refractivity contribution in [1.82, 2.24) is 0 Å². The first-order valence-corrected chi connectivity index (χ1v) is 5.73. The molecular weight excluding hydrogens is 226 g/mol.